The van der Waals surface area contributed by atoms with Gasteiger partial charge in [0.1, 0.15) is 5.75 Å². The minimum absolute atomic E-state index is 0.0886. The third-order valence-electron chi connectivity index (χ3n) is 1.83. The average molecular weight is 201 g/mol. The number of rotatable bonds is 4. The normalized spacial score (nSPS) is 11.6. The van der Waals surface area contributed by atoms with E-state index >= 15 is 0 Å². The van der Waals surface area contributed by atoms with Crippen LogP contribution in [0.3, 0.4) is 0 Å². The first-order valence-electron chi connectivity index (χ1n) is 4.34. The summed E-state index contributed by atoms with van der Waals surface area (Å²) in [4.78, 5) is 0. The van der Waals surface area contributed by atoms with Crippen LogP contribution >= 0.6 is 0 Å². The molecule has 0 aliphatic carbocycles. The van der Waals surface area contributed by atoms with E-state index in [0.29, 0.717) is 5.56 Å². The fourth-order valence-electron chi connectivity index (χ4n) is 1.23. The van der Waals surface area contributed by atoms with Crippen molar-refractivity contribution in [1.29, 1.82) is 0 Å². The Morgan fingerprint density at radius 3 is 2.36 bits per heavy atom. The van der Waals surface area contributed by atoms with Crippen molar-refractivity contribution in [3.05, 3.63) is 29.8 Å². The van der Waals surface area contributed by atoms with E-state index in [2.05, 4.69) is 5.32 Å². The molecule has 1 aromatic carbocycles. The van der Waals surface area contributed by atoms with Gasteiger partial charge in [-0.2, -0.15) is 0 Å². The summed E-state index contributed by atoms with van der Waals surface area (Å²) in [5.74, 6) is -2.66. The fourth-order valence-corrected chi connectivity index (χ4v) is 1.23. The molecule has 0 aromatic heterocycles. The van der Waals surface area contributed by atoms with Crippen molar-refractivity contribution in [3.63, 3.8) is 0 Å². The maximum absolute atomic E-state index is 13.1. The first-order chi connectivity index (χ1) is 6.53. The first-order valence-corrected chi connectivity index (χ1v) is 4.34. The minimum Gasteiger partial charge on any atom is -0.508 e. The van der Waals surface area contributed by atoms with Crippen LogP contribution in [0.2, 0.25) is 0 Å². The highest BCUT2D eigenvalue weighted by molar-refractivity contribution is 5.26. The fraction of sp³-hybridized carbons (Fsp3) is 0.400. The standard InChI is InChI=1S/C10H13F2NO/c1-13-7-10(11,12)6-8-2-4-9(14)5-3-8/h2-5,13-14H,6-7H2,1H3. The Morgan fingerprint density at radius 1 is 1.29 bits per heavy atom. The van der Waals surface area contributed by atoms with Gasteiger partial charge in [0.05, 0.1) is 6.54 Å². The summed E-state index contributed by atoms with van der Waals surface area (Å²) in [6, 6.07) is 5.81. The highest BCUT2D eigenvalue weighted by Gasteiger charge is 2.27. The quantitative estimate of drug-likeness (QED) is 0.778. The van der Waals surface area contributed by atoms with Crippen molar-refractivity contribution in [2.45, 2.75) is 12.3 Å². The van der Waals surface area contributed by atoms with Gasteiger partial charge in [0, 0.05) is 6.42 Å². The molecular weight excluding hydrogens is 188 g/mol. The number of hydrogen-bond acceptors (Lipinski definition) is 2. The molecule has 2 N–H and O–H groups in total. The predicted molar refractivity (Wildman–Crippen MR) is 50.7 cm³/mol. The first kappa shape index (κ1) is 10.9. The number of benzene rings is 1. The van der Waals surface area contributed by atoms with Gasteiger partial charge in [0.15, 0.2) is 0 Å². The van der Waals surface area contributed by atoms with Gasteiger partial charge in [0.2, 0.25) is 0 Å². The Labute approximate surface area is 81.6 Å². The van der Waals surface area contributed by atoms with Crippen LogP contribution in [-0.4, -0.2) is 24.6 Å². The van der Waals surface area contributed by atoms with Gasteiger partial charge in [-0.3, -0.25) is 0 Å². The molecule has 0 bridgehead atoms. The third kappa shape index (κ3) is 3.30. The second kappa shape index (κ2) is 4.37. The van der Waals surface area contributed by atoms with Crippen molar-refractivity contribution in [2.24, 2.45) is 0 Å². The lowest BCUT2D eigenvalue weighted by molar-refractivity contribution is 0.00449. The highest BCUT2D eigenvalue weighted by Crippen LogP contribution is 2.20. The van der Waals surface area contributed by atoms with E-state index in [9.17, 15) is 8.78 Å². The van der Waals surface area contributed by atoms with Crippen LogP contribution in [0.15, 0.2) is 24.3 Å². The van der Waals surface area contributed by atoms with Gasteiger partial charge in [-0.1, -0.05) is 12.1 Å². The average Bonchev–Trinajstić information content (AvgIpc) is 2.08. The Kier molecular flexibility index (Phi) is 3.41. The molecule has 1 aromatic rings. The Balaban J connectivity index is 2.64. The zero-order chi connectivity index (χ0) is 10.6. The number of nitrogens with one attached hydrogen (secondary N) is 1. The second-order valence-electron chi connectivity index (χ2n) is 3.23. The minimum atomic E-state index is -2.74. The lowest BCUT2D eigenvalue weighted by Gasteiger charge is -2.15. The number of alkyl halides is 2. The third-order valence-corrected chi connectivity index (χ3v) is 1.83. The molecular formula is C10H13F2NO. The van der Waals surface area contributed by atoms with E-state index in [-0.39, 0.29) is 18.7 Å². The molecule has 0 heterocycles. The van der Waals surface area contributed by atoms with Crippen molar-refractivity contribution in [3.8, 4) is 5.75 Å². The van der Waals surface area contributed by atoms with Gasteiger partial charge in [-0.15, -0.1) is 0 Å². The Morgan fingerprint density at radius 2 is 1.86 bits per heavy atom. The lowest BCUT2D eigenvalue weighted by atomic mass is 10.1. The SMILES string of the molecule is CNCC(F)(F)Cc1ccc(O)cc1. The molecule has 0 radical (unpaired) electrons. The number of phenolic OH excluding ortho intramolecular Hbond substituents is 1. The molecule has 78 valence electrons. The molecule has 0 aliphatic heterocycles. The molecule has 0 amide bonds. The van der Waals surface area contributed by atoms with E-state index in [1.807, 2.05) is 0 Å². The molecule has 2 nitrogen and oxygen atoms in total. The van der Waals surface area contributed by atoms with Crippen molar-refractivity contribution in [1.82, 2.24) is 5.32 Å². The monoisotopic (exact) mass is 201 g/mol. The molecule has 0 aliphatic rings. The largest absolute Gasteiger partial charge is 0.508 e. The molecule has 0 saturated heterocycles. The van der Waals surface area contributed by atoms with E-state index in [4.69, 9.17) is 5.11 Å². The van der Waals surface area contributed by atoms with Crippen LogP contribution in [0.1, 0.15) is 5.56 Å². The van der Waals surface area contributed by atoms with Gasteiger partial charge in [-0.25, -0.2) is 8.78 Å². The Hall–Kier alpha value is -1.16. The summed E-state index contributed by atoms with van der Waals surface area (Å²) < 4.78 is 26.2. The lowest BCUT2D eigenvalue weighted by Crippen LogP contribution is -2.32. The van der Waals surface area contributed by atoms with E-state index in [0.717, 1.165) is 0 Å². The number of phenols is 1. The zero-order valence-electron chi connectivity index (χ0n) is 7.93. The van der Waals surface area contributed by atoms with E-state index in [1.54, 1.807) is 0 Å². The smallest absolute Gasteiger partial charge is 0.264 e. The summed E-state index contributed by atoms with van der Waals surface area (Å²) in [6.07, 6.45) is -0.311. The van der Waals surface area contributed by atoms with Crippen molar-refractivity contribution in [2.75, 3.05) is 13.6 Å². The van der Waals surface area contributed by atoms with Crippen LogP contribution in [0, 0.1) is 0 Å². The number of hydrogen-bond donors (Lipinski definition) is 2. The highest BCUT2D eigenvalue weighted by atomic mass is 19.3. The van der Waals surface area contributed by atoms with Gasteiger partial charge < -0.3 is 10.4 Å². The molecule has 0 spiro atoms. The second-order valence-corrected chi connectivity index (χ2v) is 3.23. The summed E-state index contributed by atoms with van der Waals surface area (Å²) in [5, 5.41) is 11.4. The zero-order valence-corrected chi connectivity index (χ0v) is 7.93. The van der Waals surface area contributed by atoms with Crippen LogP contribution in [-0.2, 0) is 6.42 Å². The summed E-state index contributed by atoms with van der Waals surface area (Å²) >= 11 is 0. The molecule has 0 atom stereocenters. The van der Waals surface area contributed by atoms with Gasteiger partial charge in [-0.05, 0) is 24.7 Å². The van der Waals surface area contributed by atoms with Crippen molar-refractivity contribution < 1.29 is 13.9 Å². The molecule has 0 unspecified atom stereocenters. The summed E-state index contributed by atoms with van der Waals surface area (Å²) in [6.45, 7) is -0.339. The van der Waals surface area contributed by atoms with Crippen LogP contribution in [0.25, 0.3) is 0 Å². The molecule has 4 heteroatoms. The van der Waals surface area contributed by atoms with Crippen LogP contribution < -0.4 is 5.32 Å². The van der Waals surface area contributed by atoms with Crippen molar-refractivity contribution >= 4 is 0 Å². The maximum atomic E-state index is 13.1. The summed E-state index contributed by atoms with van der Waals surface area (Å²) in [7, 11) is 1.49. The van der Waals surface area contributed by atoms with Crippen LogP contribution in [0.4, 0.5) is 8.78 Å². The van der Waals surface area contributed by atoms with E-state index in [1.165, 1.54) is 31.3 Å². The number of halogens is 2. The van der Waals surface area contributed by atoms with Crippen LogP contribution in [0.5, 0.6) is 5.75 Å². The maximum Gasteiger partial charge on any atom is 0.264 e. The summed E-state index contributed by atoms with van der Waals surface area (Å²) in [5.41, 5.74) is 0.517. The van der Waals surface area contributed by atoms with E-state index < -0.39 is 5.92 Å². The molecule has 1 rings (SSSR count). The predicted octanol–water partition coefficient (Wildman–Crippen LogP) is 1.79. The molecule has 0 fully saturated rings. The van der Waals surface area contributed by atoms with Gasteiger partial charge >= 0.3 is 0 Å². The van der Waals surface area contributed by atoms with Gasteiger partial charge in [0.25, 0.3) is 5.92 Å². The molecule has 14 heavy (non-hydrogen) atoms. The number of aromatic hydroxyl groups is 1. The topological polar surface area (TPSA) is 32.3 Å². The molecule has 0 saturated carbocycles. The Bertz CT molecular complexity index is 285.